The van der Waals surface area contributed by atoms with Gasteiger partial charge in [0.15, 0.2) is 0 Å². The topological polar surface area (TPSA) is 95.9 Å². The summed E-state index contributed by atoms with van der Waals surface area (Å²) in [4.78, 5) is 38.7. The number of hydrogen-bond donors (Lipinski definition) is 2. The lowest BCUT2D eigenvalue weighted by molar-refractivity contribution is -0.151. The first kappa shape index (κ1) is 21.3. The maximum Gasteiger partial charge on any atom is 0.326 e. The average Bonchev–Trinajstić information content (AvgIpc) is 3.31. The Labute approximate surface area is 171 Å². The quantitative estimate of drug-likeness (QED) is 0.646. The van der Waals surface area contributed by atoms with Crippen LogP contribution in [0.3, 0.4) is 0 Å². The Hall–Kier alpha value is -2.41. The van der Waals surface area contributed by atoms with Crippen LogP contribution in [0.15, 0.2) is 30.3 Å². The van der Waals surface area contributed by atoms with Crippen molar-refractivity contribution in [2.24, 2.45) is 5.92 Å². The molecule has 7 heteroatoms. The van der Waals surface area contributed by atoms with Crippen molar-refractivity contribution in [1.29, 1.82) is 0 Å². The lowest BCUT2D eigenvalue weighted by atomic mass is 10.0. The van der Waals surface area contributed by atoms with Crippen LogP contribution in [0.25, 0.3) is 0 Å². The average molecular weight is 402 g/mol. The highest BCUT2D eigenvalue weighted by Crippen LogP contribution is 2.41. The van der Waals surface area contributed by atoms with Gasteiger partial charge in [0.2, 0.25) is 5.91 Å². The van der Waals surface area contributed by atoms with Crippen LogP contribution in [-0.2, 0) is 25.5 Å². The molecule has 1 aliphatic heterocycles. The number of benzene rings is 1. The van der Waals surface area contributed by atoms with Gasteiger partial charge in [-0.3, -0.25) is 14.9 Å². The predicted octanol–water partition coefficient (Wildman–Crippen LogP) is 1.99. The van der Waals surface area contributed by atoms with Gasteiger partial charge < -0.3 is 14.7 Å². The second-order valence-electron chi connectivity index (χ2n) is 8.08. The third-order valence-electron chi connectivity index (χ3n) is 6.25. The fourth-order valence-corrected chi connectivity index (χ4v) is 4.79. The molecule has 1 aliphatic carbocycles. The minimum Gasteiger partial charge on any atom is -0.480 e. The first-order chi connectivity index (χ1) is 13.9. The van der Waals surface area contributed by atoms with E-state index in [-0.39, 0.29) is 17.9 Å². The number of amides is 1. The molecule has 7 nitrogen and oxygen atoms in total. The summed E-state index contributed by atoms with van der Waals surface area (Å²) in [7, 11) is 1.33. The summed E-state index contributed by atoms with van der Waals surface area (Å²) in [6.07, 6.45) is 4.52. The van der Waals surface area contributed by atoms with Crippen LogP contribution < -0.4 is 5.32 Å². The number of aliphatic carboxylic acids is 1. The fourth-order valence-electron chi connectivity index (χ4n) is 4.79. The van der Waals surface area contributed by atoms with E-state index in [1.54, 1.807) is 11.8 Å². The zero-order valence-electron chi connectivity index (χ0n) is 17.0. The number of likely N-dealkylation sites (tertiary alicyclic amines) is 1. The zero-order valence-corrected chi connectivity index (χ0v) is 17.0. The molecule has 1 heterocycles. The van der Waals surface area contributed by atoms with Crippen LogP contribution in [0.2, 0.25) is 0 Å². The number of aryl methyl sites for hydroxylation is 1. The summed E-state index contributed by atoms with van der Waals surface area (Å²) in [5, 5.41) is 12.7. The maximum absolute atomic E-state index is 13.2. The summed E-state index contributed by atoms with van der Waals surface area (Å²) in [6, 6.07) is 7.72. The normalized spacial score (nSPS) is 25.3. The lowest BCUT2D eigenvalue weighted by Gasteiger charge is -2.31. The van der Waals surface area contributed by atoms with Crippen LogP contribution in [0.5, 0.6) is 0 Å². The van der Waals surface area contributed by atoms with Gasteiger partial charge in [-0.25, -0.2) is 4.79 Å². The van der Waals surface area contributed by atoms with E-state index in [4.69, 9.17) is 4.74 Å². The summed E-state index contributed by atoms with van der Waals surface area (Å²) >= 11 is 0. The van der Waals surface area contributed by atoms with E-state index < -0.39 is 30.1 Å². The number of carbonyl (C=O) groups is 3. The number of ether oxygens (including phenoxy) is 1. The van der Waals surface area contributed by atoms with E-state index in [0.29, 0.717) is 19.3 Å². The molecule has 0 aromatic heterocycles. The van der Waals surface area contributed by atoms with E-state index >= 15 is 0 Å². The van der Waals surface area contributed by atoms with Gasteiger partial charge in [0.1, 0.15) is 12.1 Å². The molecule has 158 valence electrons. The Balaban J connectivity index is 1.67. The number of rotatable bonds is 8. The Kier molecular flexibility index (Phi) is 6.90. The molecule has 0 bridgehead atoms. The van der Waals surface area contributed by atoms with Gasteiger partial charge in [-0.15, -0.1) is 0 Å². The predicted molar refractivity (Wildman–Crippen MR) is 107 cm³/mol. The van der Waals surface area contributed by atoms with Gasteiger partial charge in [0.25, 0.3) is 0 Å². The molecule has 2 fully saturated rings. The molecule has 1 saturated carbocycles. The van der Waals surface area contributed by atoms with Crippen LogP contribution in [0.4, 0.5) is 0 Å². The summed E-state index contributed by atoms with van der Waals surface area (Å²) in [5.74, 6) is -1.36. The largest absolute Gasteiger partial charge is 0.480 e. The van der Waals surface area contributed by atoms with E-state index in [2.05, 4.69) is 5.32 Å². The highest BCUT2D eigenvalue weighted by molar-refractivity contribution is 5.88. The first-order valence-electron chi connectivity index (χ1n) is 10.3. The second-order valence-corrected chi connectivity index (χ2v) is 8.08. The van der Waals surface area contributed by atoms with Gasteiger partial charge in [0, 0.05) is 6.04 Å². The Morgan fingerprint density at radius 3 is 2.62 bits per heavy atom. The molecule has 29 heavy (non-hydrogen) atoms. The standard InChI is InChI=1S/C22H30N2O5/c1-14(20(25)24-18-10-6-9-16(18)13-19(24)21(26)27)23-17(22(28)29-2)12-11-15-7-4-3-5-8-15/h3-5,7-8,14,16-19,23H,6,9-13H2,1-2H3,(H,26,27)/t14-,16?,17?,18?,19?/m0/s1. The molecular weight excluding hydrogens is 372 g/mol. The number of carbonyl (C=O) groups excluding carboxylic acids is 2. The van der Waals surface area contributed by atoms with Gasteiger partial charge >= 0.3 is 11.9 Å². The van der Waals surface area contributed by atoms with Crippen molar-refractivity contribution >= 4 is 17.8 Å². The molecule has 1 saturated heterocycles. The van der Waals surface area contributed by atoms with Crippen molar-refractivity contribution in [1.82, 2.24) is 10.2 Å². The van der Waals surface area contributed by atoms with E-state index in [1.807, 2.05) is 30.3 Å². The molecular formula is C22H30N2O5. The molecule has 1 amide bonds. The molecule has 3 rings (SSSR count). The van der Waals surface area contributed by atoms with Gasteiger partial charge in [-0.2, -0.15) is 0 Å². The first-order valence-corrected chi connectivity index (χ1v) is 10.3. The van der Waals surface area contributed by atoms with Crippen molar-refractivity contribution in [2.45, 2.75) is 69.6 Å². The Morgan fingerprint density at radius 1 is 1.24 bits per heavy atom. The highest BCUT2D eigenvalue weighted by Gasteiger charge is 2.49. The van der Waals surface area contributed by atoms with Crippen LogP contribution >= 0.6 is 0 Å². The van der Waals surface area contributed by atoms with Crippen LogP contribution in [-0.4, -0.2) is 59.1 Å². The third kappa shape index (κ3) is 4.78. The number of nitrogens with one attached hydrogen (secondary N) is 1. The SMILES string of the molecule is COC(=O)C(CCc1ccccc1)N[C@@H](C)C(=O)N1C(C(=O)O)CC2CCCC21. The molecule has 0 radical (unpaired) electrons. The summed E-state index contributed by atoms with van der Waals surface area (Å²) in [6.45, 7) is 1.70. The fraction of sp³-hybridized carbons (Fsp3) is 0.591. The number of methoxy groups -OCH3 is 1. The smallest absolute Gasteiger partial charge is 0.326 e. The summed E-state index contributed by atoms with van der Waals surface area (Å²) in [5.41, 5.74) is 1.10. The highest BCUT2D eigenvalue weighted by atomic mass is 16.5. The molecule has 5 atom stereocenters. The van der Waals surface area contributed by atoms with Crippen molar-refractivity contribution in [3.05, 3.63) is 35.9 Å². The number of esters is 1. The summed E-state index contributed by atoms with van der Waals surface area (Å²) < 4.78 is 4.92. The van der Waals surface area contributed by atoms with Crippen molar-refractivity contribution in [3.8, 4) is 0 Å². The molecule has 0 spiro atoms. The lowest BCUT2D eigenvalue weighted by Crippen LogP contribution is -2.55. The van der Waals surface area contributed by atoms with Crippen molar-refractivity contribution in [2.75, 3.05) is 7.11 Å². The van der Waals surface area contributed by atoms with Gasteiger partial charge in [-0.1, -0.05) is 36.8 Å². The van der Waals surface area contributed by atoms with Crippen LogP contribution in [0.1, 0.15) is 44.6 Å². The molecule has 4 unspecified atom stereocenters. The minimum atomic E-state index is -0.950. The second kappa shape index (κ2) is 9.39. The van der Waals surface area contributed by atoms with Crippen molar-refractivity contribution < 1.29 is 24.2 Å². The van der Waals surface area contributed by atoms with Crippen molar-refractivity contribution in [3.63, 3.8) is 0 Å². The minimum absolute atomic E-state index is 0.00579. The number of nitrogens with zero attached hydrogens (tertiary/aromatic N) is 1. The van der Waals surface area contributed by atoms with E-state index in [0.717, 1.165) is 24.8 Å². The number of carboxylic acid groups (broad SMARTS) is 1. The molecule has 2 N–H and O–H groups in total. The molecule has 2 aliphatic rings. The molecule has 1 aromatic rings. The number of fused-ring (bicyclic) bond motifs is 1. The van der Waals surface area contributed by atoms with E-state index in [1.165, 1.54) is 7.11 Å². The zero-order chi connectivity index (χ0) is 21.0. The molecule has 1 aromatic carbocycles. The monoisotopic (exact) mass is 402 g/mol. The number of hydrogen-bond acceptors (Lipinski definition) is 5. The van der Waals surface area contributed by atoms with Crippen LogP contribution in [0, 0.1) is 5.92 Å². The Morgan fingerprint density at radius 2 is 1.97 bits per heavy atom. The van der Waals surface area contributed by atoms with E-state index in [9.17, 15) is 19.5 Å². The van der Waals surface area contributed by atoms with Gasteiger partial charge in [0.05, 0.1) is 13.2 Å². The third-order valence-corrected chi connectivity index (χ3v) is 6.25. The maximum atomic E-state index is 13.2. The Bertz CT molecular complexity index is 738. The number of carboxylic acids is 1. The van der Waals surface area contributed by atoms with Gasteiger partial charge in [-0.05, 0) is 50.5 Å².